The van der Waals surface area contributed by atoms with Gasteiger partial charge in [0.1, 0.15) is 0 Å². The van der Waals surface area contributed by atoms with E-state index in [0.29, 0.717) is 0 Å². The Morgan fingerprint density at radius 1 is 0.889 bits per heavy atom. The number of hydrogen-bond acceptors (Lipinski definition) is 7. The second kappa shape index (κ2) is 14.7. The van der Waals surface area contributed by atoms with Crippen molar-refractivity contribution in [2.75, 3.05) is 47.1 Å². The maximum absolute atomic E-state index is 12.9. The fraction of sp³-hybridized carbons (Fsp3) is 0.292. The van der Waals surface area contributed by atoms with Gasteiger partial charge in [-0.1, -0.05) is 30.3 Å². The smallest absolute Gasteiger partial charge is 0.269 e. The quantitative estimate of drug-likeness (QED) is 0.260. The lowest BCUT2D eigenvalue weighted by Crippen LogP contribution is -2.46. The predicted molar refractivity (Wildman–Crippen MR) is 133 cm³/mol. The highest BCUT2D eigenvalue weighted by Crippen LogP contribution is 2.16. The minimum Gasteiger partial charge on any atom is -0.383 e. The van der Waals surface area contributed by atoms with Crippen LogP contribution in [-0.2, 0) is 29.1 Å². The van der Waals surface area contributed by atoms with Crippen molar-refractivity contribution in [3.05, 3.63) is 71.8 Å². The normalized spacial score (nSPS) is 11.4. The number of nitrogens with one attached hydrogen (secondary N) is 3. The lowest BCUT2D eigenvalue weighted by Gasteiger charge is -2.21. The second-order valence-electron chi connectivity index (χ2n) is 7.38. The molecule has 0 atom stereocenters. The zero-order valence-corrected chi connectivity index (χ0v) is 20.9. The molecule has 0 saturated carbocycles. The summed E-state index contributed by atoms with van der Waals surface area (Å²) in [5.74, 6) is -1.77. The van der Waals surface area contributed by atoms with Crippen LogP contribution >= 0.6 is 0 Å². The molecule has 2 aromatic rings. The Kier molecular flexibility index (Phi) is 11.7. The number of carbonyl (C=O) groups is 3. The van der Waals surface area contributed by atoms with E-state index in [9.17, 15) is 22.8 Å². The van der Waals surface area contributed by atoms with Gasteiger partial charge in [0, 0.05) is 38.9 Å². The van der Waals surface area contributed by atoms with E-state index in [-0.39, 0.29) is 43.3 Å². The molecule has 0 heterocycles. The lowest BCUT2D eigenvalue weighted by atomic mass is 10.2. The summed E-state index contributed by atoms with van der Waals surface area (Å²) in [5.41, 5.74) is 5.37. The maximum atomic E-state index is 12.9. The molecule has 0 unspecified atom stereocenters. The van der Waals surface area contributed by atoms with Crippen LogP contribution in [0.3, 0.4) is 0 Å². The van der Waals surface area contributed by atoms with Crippen molar-refractivity contribution >= 4 is 33.8 Å². The Hall–Kier alpha value is -3.58. The number of methoxy groups -OCH3 is 2. The van der Waals surface area contributed by atoms with Gasteiger partial charge in [-0.2, -0.15) is 4.31 Å². The fourth-order valence-corrected chi connectivity index (χ4v) is 4.28. The van der Waals surface area contributed by atoms with E-state index in [1.165, 1.54) is 48.9 Å². The topological polar surface area (TPSA) is 143 Å². The van der Waals surface area contributed by atoms with Crippen LogP contribution in [0.1, 0.15) is 15.9 Å². The van der Waals surface area contributed by atoms with Crippen molar-refractivity contribution in [1.82, 2.24) is 20.5 Å². The summed E-state index contributed by atoms with van der Waals surface area (Å²) in [6.07, 6.45) is 2.90. The van der Waals surface area contributed by atoms with Crippen LogP contribution in [0.25, 0.3) is 6.08 Å². The van der Waals surface area contributed by atoms with Gasteiger partial charge in [0.15, 0.2) is 0 Å². The van der Waals surface area contributed by atoms with Gasteiger partial charge in [0.05, 0.1) is 24.7 Å². The first-order chi connectivity index (χ1) is 17.3. The fourth-order valence-electron chi connectivity index (χ4n) is 2.87. The van der Waals surface area contributed by atoms with Crippen molar-refractivity contribution < 1.29 is 32.3 Å². The third-order valence-electron chi connectivity index (χ3n) is 4.81. The highest BCUT2D eigenvalue weighted by Gasteiger charge is 2.24. The van der Waals surface area contributed by atoms with Gasteiger partial charge in [-0.3, -0.25) is 25.2 Å². The minimum absolute atomic E-state index is 0.00145. The highest BCUT2D eigenvalue weighted by atomic mass is 32.2. The Morgan fingerprint density at radius 2 is 1.50 bits per heavy atom. The number of nitrogens with zero attached hydrogens (tertiary/aromatic N) is 1. The average Bonchev–Trinajstić information content (AvgIpc) is 2.89. The third kappa shape index (κ3) is 9.23. The van der Waals surface area contributed by atoms with E-state index < -0.39 is 27.7 Å². The van der Waals surface area contributed by atoms with E-state index in [2.05, 4.69) is 16.2 Å². The molecule has 0 aromatic heterocycles. The Balaban J connectivity index is 1.86. The summed E-state index contributed by atoms with van der Waals surface area (Å²) < 4.78 is 37.0. The Labute approximate surface area is 210 Å². The van der Waals surface area contributed by atoms with Crippen LogP contribution in [-0.4, -0.2) is 77.5 Å². The Bertz CT molecular complexity index is 1130. The van der Waals surface area contributed by atoms with Crippen LogP contribution in [0.2, 0.25) is 0 Å². The number of ether oxygens (including phenoxy) is 2. The first-order valence-electron chi connectivity index (χ1n) is 11.0. The van der Waals surface area contributed by atoms with Gasteiger partial charge in [0.2, 0.25) is 15.9 Å². The first kappa shape index (κ1) is 28.7. The number of sulfonamides is 1. The summed E-state index contributed by atoms with van der Waals surface area (Å²) in [6.45, 7) is 0.373. The van der Waals surface area contributed by atoms with Crippen molar-refractivity contribution in [3.63, 3.8) is 0 Å². The number of hydrogen-bond donors (Lipinski definition) is 3. The van der Waals surface area contributed by atoms with Crippen molar-refractivity contribution in [2.24, 2.45) is 0 Å². The largest absolute Gasteiger partial charge is 0.383 e. The van der Waals surface area contributed by atoms with Crippen molar-refractivity contribution in [3.8, 4) is 0 Å². The molecule has 3 amide bonds. The van der Waals surface area contributed by atoms with Gasteiger partial charge in [-0.05, 0) is 35.9 Å². The molecule has 36 heavy (non-hydrogen) atoms. The average molecular weight is 519 g/mol. The number of benzene rings is 2. The third-order valence-corrected chi connectivity index (χ3v) is 6.72. The van der Waals surface area contributed by atoms with E-state index in [4.69, 9.17) is 9.47 Å². The van der Waals surface area contributed by atoms with Gasteiger partial charge in [-0.25, -0.2) is 8.42 Å². The van der Waals surface area contributed by atoms with E-state index in [0.717, 1.165) is 5.56 Å². The molecule has 194 valence electrons. The number of carbonyl (C=O) groups excluding carboxylic acids is 3. The van der Waals surface area contributed by atoms with Crippen molar-refractivity contribution in [1.29, 1.82) is 0 Å². The van der Waals surface area contributed by atoms with Crippen LogP contribution in [0.5, 0.6) is 0 Å². The van der Waals surface area contributed by atoms with E-state index >= 15 is 0 Å². The molecule has 0 aliphatic carbocycles. The molecule has 3 N–H and O–H groups in total. The molecule has 0 aliphatic heterocycles. The molecule has 2 rings (SSSR count). The molecular formula is C24H30N4O7S. The molecule has 0 aliphatic rings. The molecule has 0 bridgehead atoms. The molecule has 12 heteroatoms. The summed E-state index contributed by atoms with van der Waals surface area (Å²) >= 11 is 0. The van der Waals surface area contributed by atoms with E-state index in [1.54, 1.807) is 6.08 Å². The SMILES string of the molecule is COCCN(CCOC)S(=O)(=O)c1ccc(C(=O)NNC(=O)CNC(=O)/C=C/c2ccccc2)cc1. The van der Waals surface area contributed by atoms with Crippen LogP contribution in [0, 0.1) is 0 Å². The minimum atomic E-state index is -3.83. The molecule has 0 saturated heterocycles. The van der Waals surface area contributed by atoms with Crippen LogP contribution in [0.4, 0.5) is 0 Å². The maximum Gasteiger partial charge on any atom is 0.269 e. The zero-order chi connectivity index (χ0) is 26.4. The van der Waals surface area contributed by atoms with Crippen LogP contribution in [0.15, 0.2) is 65.6 Å². The standard InChI is InChI=1S/C24H30N4O7S/c1-34-16-14-28(15-17-35-2)36(32,33)21-11-9-20(10-12-21)24(31)27-26-23(30)18-25-22(29)13-8-19-6-4-3-5-7-19/h3-13H,14-18H2,1-2H3,(H,25,29)(H,26,30)(H,27,31)/b13-8+. The predicted octanol–water partition coefficient (Wildman–Crippen LogP) is 0.561. The zero-order valence-electron chi connectivity index (χ0n) is 20.1. The lowest BCUT2D eigenvalue weighted by molar-refractivity contribution is -0.124. The summed E-state index contributed by atoms with van der Waals surface area (Å²) in [7, 11) is -0.873. The van der Waals surface area contributed by atoms with Gasteiger partial charge in [-0.15, -0.1) is 0 Å². The second-order valence-corrected chi connectivity index (χ2v) is 9.32. The first-order valence-corrected chi connectivity index (χ1v) is 12.4. The highest BCUT2D eigenvalue weighted by molar-refractivity contribution is 7.89. The summed E-state index contributed by atoms with van der Waals surface area (Å²) in [6, 6.07) is 14.4. The molecule has 0 spiro atoms. The summed E-state index contributed by atoms with van der Waals surface area (Å²) in [4.78, 5) is 36.1. The number of rotatable bonds is 13. The van der Waals surface area contributed by atoms with E-state index in [1.807, 2.05) is 30.3 Å². The molecule has 0 radical (unpaired) electrons. The van der Waals surface area contributed by atoms with Crippen LogP contribution < -0.4 is 16.2 Å². The molecule has 2 aromatic carbocycles. The Morgan fingerprint density at radius 3 is 2.08 bits per heavy atom. The molecule has 0 fully saturated rings. The number of hydrazine groups is 1. The monoisotopic (exact) mass is 518 g/mol. The molecule has 11 nitrogen and oxygen atoms in total. The van der Waals surface area contributed by atoms with Gasteiger partial charge < -0.3 is 14.8 Å². The van der Waals surface area contributed by atoms with Gasteiger partial charge >= 0.3 is 0 Å². The molecular weight excluding hydrogens is 488 g/mol. The number of amides is 3. The van der Waals surface area contributed by atoms with Crippen molar-refractivity contribution in [2.45, 2.75) is 4.90 Å². The summed E-state index contributed by atoms with van der Waals surface area (Å²) in [5, 5.41) is 2.40. The van der Waals surface area contributed by atoms with Gasteiger partial charge in [0.25, 0.3) is 11.8 Å².